The van der Waals surface area contributed by atoms with Crippen LogP contribution < -0.4 is 0 Å². The average Bonchev–Trinajstić information content (AvgIpc) is 2.74. The van der Waals surface area contributed by atoms with Crippen LogP contribution in [0.4, 0.5) is 0 Å². The van der Waals surface area contributed by atoms with E-state index in [0.717, 1.165) is 11.8 Å². The van der Waals surface area contributed by atoms with Gasteiger partial charge >= 0.3 is 0 Å². The van der Waals surface area contributed by atoms with E-state index in [1.807, 2.05) is 0 Å². The summed E-state index contributed by atoms with van der Waals surface area (Å²) in [5, 5.41) is 0. The molecule has 0 aromatic carbocycles. The van der Waals surface area contributed by atoms with Crippen LogP contribution in [0, 0.1) is 22.7 Å². The van der Waals surface area contributed by atoms with Crippen LogP contribution in [0.25, 0.3) is 0 Å². The molecule has 3 fully saturated rings. The Bertz CT molecular complexity index is 520. The van der Waals surface area contributed by atoms with Gasteiger partial charge in [-0.25, -0.2) is 0 Å². The summed E-state index contributed by atoms with van der Waals surface area (Å²) < 4.78 is 0. The van der Waals surface area contributed by atoms with Crippen LogP contribution >= 0.6 is 0 Å². The van der Waals surface area contributed by atoms with Crippen LogP contribution in [-0.2, 0) is 0 Å². The van der Waals surface area contributed by atoms with Crippen molar-refractivity contribution in [2.75, 3.05) is 0 Å². The van der Waals surface area contributed by atoms with E-state index in [0.29, 0.717) is 10.8 Å². The number of hydrogen-bond donors (Lipinski definition) is 0. The highest BCUT2D eigenvalue weighted by atomic mass is 14.6. The molecule has 4 rings (SSSR count). The monoisotopic (exact) mass is 268 g/mol. The minimum absolute atomic E-state index is 0.415. The third-order valence-corrected chi connectivity index (χ3v) is 7.44. The van der Waals surface area contributed by atoms with E-state index in [2.05, 4.69) is 32.6 Å². The van der Waals surface area contributed by atoms with Crippen LogP contribution in [0.15, 0.2) is 35.5 Å². The molecule has 0 nitrogen and oxygen atoms in total. The molecule has 4 unspecified atom stereocenters. The molecule has 0 heterocycles. The van der Waals surface area contributed by atoms with Gasteiger partial charge in [-0.05, 0) is 67.6 Å². The highest BCUT2D eigenvalue weighted by Crippen LogP contribution is 2.64. The Labute approximate surface area is 124 Å². The van der Waals surface area contributed by atoms with E-state index >= 15 is 0 Å². The molecule has 108 valence electrons. The molecule has 0 aliphatic heterocycles. The van der Waals surface area contributed by atoms with Crippen molar-refractivity contribution in [1.29, 1.82) is 0 Å². The zero-order valence-corrected chi connectivity index (χ0v) is 13.2. The van der Waals surface area contributed by atoms with Crippen molar-refractivity contribution >= 4 is 0 Å². The lowest BCUT2D eigenvalue weighted by Crippen LogP contribution is -2.43. The summed E-state index contributed by atoms with van der Waals surface area (Å²) in [5.74, 6) is 1.64. The number of fused-ring (bicyclic) bond motifs is 5. The summed E-state index contributed by atoms with van der Waals surface area (Å²) in [7, 11) is 0. The highest BCUT2D eigenvalue weighted by Gasteiger charge is 2.53. The molecule has 4 aliphatic rings. The Hall–Kier alpha value is -0.780. The Kier molecular flexibility index (Phi) is 2.66. The van der Waals surface area contributed by atoms with Gasteiger partial charge in [-0.15, -0.1) is 0 Å². The third kappa shape index (κ3) is 1.49. The predicted molar refractivity (Wildman–Crippen MR) is 85.4 cm³/mol. The minimum Gasteiger partial charge on any atom is -0.0993 e. The van der Waals surface area contributed by atoms with E-state index in [1.165, 1.54) is 56.9 Å². The quantitative estimate of drug-likeness (QED) is 0.486. The Morgan fingerprint density at radius 3 is 2.60 bits per heavy atom. The first-order chi connectivity index (χ1) is 9.56. The second-order valence-electron chi connectivity index (χ2n) is 8.19. The molecule has 0 amide bonds. The SMILES string of the molecule is C=C1CCC2C3=CC=C4CCCCC4(C)C3CCC12C. The summed E-state index contributed by atoms with van der Waals surface area (Å²) >= 11 is 0. The van der Waals surface area contributed by atoms with Crippen molar-refractivity contribution in [1.82, 2.24) is 0 Å². The second kappa shape index (κ2) is 4.12. The Morgan fingerprint density at radius 1 is 0.950 bits per heavy atom. The van der Waals surface area contributed by atoms with Gasteiger partial charge in [0.05, 0.1) is 0 Å². The number of allylic oxidation sites excluding steroid dienone is 5. The molecule has 0 N–H and O–H groups in total. The van der Waals surface area contributed by atoms with Crippen LogP contribution in [0.5, 0.6) is 0 Å². The van der Waals surface area contributed by atoms with Gasteiger partial charge in [-0.1, -0.05) is 55.7 Å². The fraction of sp³-hybridized carbons (Fsp3) is 0.700. The van der Waals surface area contributed by atoms with E-state index in [9.17, 15) is 0 Å². The van der Waals surface area contributed by atoms with Crippen LogP contribution in [0.1, 0.15) is 65.2 Å². The van der Waals surface area contributed by atoms with Crippen molar-refractivity contribution < 1.29 is 0 Å². The molecular weight excluding hydrogens is 240 g/mol. The first-order valence-corrected chi connectivity index (χ1v) is 8.65. The first kappa shape index (κ1) is 12.9. The summed E-state index contributed by atoms with van der Waals surface area (Å²) in [5.41, 5.74) is 6.00. The van der Waals surface area contributed by atoms with Crippen molar-refractivity contribution in [3.8, 4) is 0 Å². The fourth-order valence-corrected chi connectivity index (χ4v) is 5.95. The normalized spacial score (nSPS) is 47.0. The van der Waals surface area contributed by atoms with Gasteiger partial charge in [-0.3, -0.25) is 0 Å². The van der Waals surface area contributed by atoms with Gasteiger partial charge in [0.2, 0.25) is 0 Å². The summed E-state index contributed by atoms with van der Waals surface area (Å²) in [6.45, 7) is 9.47. The predicted octanol–water partition coefficient (Wildman–Crippen LogP) is 5.82. The molecule has 0 aromatic rings. The highest BCUT2D eigenvalue weighted by molar-refractivity contribution is 5.40. The van der Waals surface area contributed by atoms with Gasteiger partial charge < -0.3 is 0 Å². The molecule has 0 saturated heterocycles. The van der Waals surface area contributed by atoms with E-state index < -0.39 is 0 Å². The molecular formula is C20H28. The Morgan fingerprint density at radius 2 is 1.75 bits per heavy atom. The molecule has 0 aromatic heterocycles. The van der Waals surface area contributed by atoms with Crippen LogP contribution in [0.3, 0.4) is 0 Å². The smallest absolute Gasteiger partial charge is 0.00476 e. The Balaban J connectivity index is 1.77. The number of rotatable bonds is 0. The van der Waals surface area contributed by atoms with E-state index in [4.69, 9.17) is 0 Å². The lowest BCUT2D eigenvalue weighted by Gasteiger charge is -2.53. The zero-order chi connectivity index (χ0) is 14.0. The molecule has 20 heavy (non-hydrogen) atoms. The molecule has 0 spiro atoms. The van der Waals surface area contributed by atoms with Gasteiger partial charge in [0.15, 0.2) is 0 Å². The molecule has 0 bridgehead atoms. The van der Waals surface area contributed by atoms with E-state index in [1.54, 1.807) is 11.1 Å². The second-order valence-corrected chi connectivity index (χ2v) is 8.19. The topological polar surface area (TPSA) is 0 Å². The molecule has 4 aliphatic carbocycles. The number of hydrogen-bond acceptors (Lipinski definition) is 0. The fourth-order valence-electron chi connectivity index (χ4n) is 5.95. The van der Waals surface area contributed by atoms with Crippen LogP contribution in [-0.4, -0.2) is 0 Å². The van der Waals surface area contributed by atoms with Crippen molar-refractivity contribution in [2.24, 2.45) is 22.7 Å². The standard InChI is InChI=1S/C20H28/c1-14-7-10-17-16-9-8-15-6-4-5-12-20(15,3)18(16)11-13-19(14,17)2/h8-9,17-18H,1,4-7,10-13H2,2-3H3. The third-order valence-electron chi connectivity index (χ3n) is 7.44. The van der Waals surface area contributed by atoms with Gasteiger partial charge in [0.25, 0.3) is 0 Å². The lowest BCUT2D eigenvalue weighted by molar-refractivity contribution is 0.116. The largest absolute Gasteiger partial charge is 0.0993 e. The zero-order valence-electron chi connectivity index (χ0n) is 13.2. The molecule has 0 heteroatoms. The van der Waals surface area contributed by atoms with Crippen molar-refractivity contribution in [3.05, 3.63) is 35.5 Å². The molecule has 4 atom stereocenters. The molecule has 0 radical (unpaired) electrons. The van der Waals surface area contributed by atoms with Crippen molar-refractivity contribution in [3.63, 3.8) is 0 Å². The summed E-state index contributed by atoms with van der Waals surface area (Å²) in [4.78, 5) is 0. The summed E-state index contributed by atoms with van der Waals surface area (Å²) in [6.07, 6.45) is 16.1. The van der Waals surface area contributed by atoms with Crippen molar-refractivity contribution in [2.45, 2.75) is 65.2 Å². The first-order valence-electron chi connectivity index (χ1n) is 8.65. The van der Waals surface area contributed by atoms with E-state index in [-0.39, 0.29) is 0 Å². The maximum absolute atomic E-state index is 4.40. The summed E-state index contributed by atoms with van der Waals surface area (Å²) in [6, 6.07) is 0. The van der Waals surface area contributed by atoms with Gasteiger partial charge in [-0.2, -0.15) is 0 Å². The maximum Gasteiger partial charge on any atom is -0.00476 e. The minimum atomic E-state index is 0.415. The lowest BCUT2D eigenvalue weighted by atomic mass is 9.51. The van der Waals surface area contributed by atoms with Crippen LogP contribution in [0.2, 0.25) is 0 Å². The average molecular weight is 268 g/mol. The van der Waals surface area contributed by atoms with Gasteiger partial charge in [0.1, 0.15) is 0 Å². The van der Waals surface area contributed by atoms with Gasteiger partial charge in [0, 0.05) is 0 Å². The molecule has 3 saturated carbocycles. The maximum atomic E-state index is 4.40.